The SMILES string of the molecule is C[C@@H](NC(=S)[C@H]1CCCN1C(=O)OC(C)(C)C)c1ccccc1. The van der Waals surface area contributed by atoms with Crippen molar-refractivity contribution in [3.8, 4) is 0 Å². The van der Waals surface area contributed by atoms with E-state index in [0.29, 0.717) is 11.5 Å². The third-order valence-corrected chi connectivity index (χ3v) is 4.23. The van der Waals surface area contributed by atoms with Gasteiger partial charge in [-0.2, -0.15) is 0 Å². The topological polar surface area (TPSA) is 41.6 Å². The molecule has 0 aliphatic carbocycles. The molecule has 1 heterocycles. The molecule has 1 aromatic carbocycles. The molecule has 1 aliphatic heterocycles. The van der Waals surface area contributed by atoms with E-state index in [-0.39, 0.29) is 18.2 Å². The number of likely N-dealkylation sites (tertiary alicyclic amines) is 1. The van der Waals surface area contributed by atoms with E-state index in [9.17, 15) is 4.79 Å². The summed E-state index contributed by atoms with van der Waals surface area (Å²) in [4.78, 5) is 14.8. The first kappa shape index (κ1) is 17.7. The van der Waals surface area contributed by atoms with Crippen molar-refractivity contribution in [3.05, 3.63) is 35.9 Å². The molecular formula is C18H26N2O2S. The van der Waals surface area contributed by atoms with Gasteiger partial charge in [0.05, 0.1) is 11.0 Å². The molecule has 1 aliphatic rings. The van der Waals surface area contributed by atoms with E-state index in [0.717, 1.165) is 12.8 Å². The molecule has 1 aromatic rings. The van der Waals surface area contributed by atoms with Crippen LogP contribution in [0.5, 0.6) is 0 Å². The summed E-state index contributed by atoms with van der Waals surface area (Å²) >= 11 is 5.57. The maximum Gasteiger partial charge on any atom is 0.410 e. The molecule has 2 atom stereocenters. The van der Waals surface area contributed by atoms with Crippen LogP contribution in [0.15, 0.2) is 30.3 Å². The molecule has 0 saturated carbocycles. The number of hydrogen-bond acceptors (Lipinski definition) is 3. The molecule has 5 heteroatoms. The zero-order valence-electron chi connectivity index (χ0n) is 14.3. The van der Waals surface area contributed by atoms with Crippen LogP contribution in [0.3, 0.4) is 0 Å². The third kappa shape index (κ3) is 4.93. The molecule has 2 rings (SSSR count). The minimum absolute atomic E-state index is 0.0778. The lowest BCUT2D eigenvalue weighted by molar-refractivity contribution is 0.0265. The fourth-order valence-electron chi connectivity index (χ4n) is 2.71. The Labute approximate surface area is 144 Å². The molecule has 0 spiro atoms. The van der Waals surface area contributed by atoms with Crippen molar-refractivity contribution in [1.29, 1.82) is 0 Å². The highest BCUT2D eigenvalue weighted by Gasteiger charge is 2.34. The van der Waals surface area contributed by atoms with Gasteiger partial charge in [0, 0.05) is 12.6 Å². The van der Waals surface area contributed by atoms with Crippen LogP contribution < -0.4 is 5.32 Å². The van der Waals surface area contributed by atoms with Gasteiger partial charge < -0.3 is 10.1 Å². The zero-order valence-corrected chi connectivity index (χ0v) is 15.2. The Morgan fingerprint density at radius 2 is 2.00 bits per heavy atom. The average Bonchev–Trinajstić information content (AvgIpc) is 2.96. The lowest BCUT2D eigenvalue weighted by Gasteiger charge is -2.30. The molecular weight excluding hydrogens is 308 g/mol. The van der Waals surface area contributed by atoms with E-state index in [1.54, 1.807) is 4.90 Å². The van der Waals surface area contributed by atoms with Gasteiger partial charge in [-0.3, -0.25) is 4.90 Å². The molecule has 0 unspecified atom stereocenters. The van der Waals surface area contributed by atoms with Crippen LogP contribution in [-0.4, -0.2) is 34.2 Å². The lowest BCUT2D eigenvalue weighted by Crippen LogP contribution is -2.47. The molecule has 1 fully saturated rings. The van der Waals surface area contributed by atoms with Gasteiger partial charge in [-0.1, -0.05) is 42.5 Å². The molecule has 1 N–H and O–H groups in total. The number of rotatable bonds is 3. The molecule has 4 nitrogen and oxygen atoms in total. The minimum atomic E-state index is -0.489. The largest absolute Gasteiger partial charge is 0.444 e. The fraction of sp³-hybridized carbons (Fsp3) is 0.556. The standard InChI is InChI=1S/C18H26N2O2S/c1-13(14-9-6-5-7-10-14)19-16(23)15-11-8-12-20(15)17(21)22-18(2,3)4/h5-7,9-10,13,15H,8,11-12H2,1-4H3,(H,19,23)/t13-,15-/m1/s1. The summed E-state index contributed by atoms with van der Waals surface area (Å²) in [5.74, 6) is 0. The van der Waals surface area contributed by atoms with Crippen molar-refractivity contribution in [2.75, 3.05) is 6.54 Å². The Kier molecular flexibility index (Phi) is 5.63. The number of amides is 1. The van der Waals surface area contributed by atoms with Crippen molar-refractivity contribution < 1.29 is 9.53 Å². The second-order valence-corrected chi connectivity index (χ2v) is 7.41. The molecule has 23 heavy (non-hydrogen) atoms. The summed E-state index contributed by atoms with van der Waals surface area (Å²) in [7, 11) is 0. The average molecular weight is 334 g/mol. The van der Waals surface area contributed by atoms with E-state index >= 15 is 0 Å². The molecule has 0 aromatic heterocycles. The Morgan fingerprint density at radius 3 is 2.61 bits per heavy atom. The van der Waals surface area contributed by atoms with Crippen molar-refractivity contribution in [3.63, 3.8) is 0 Å². The van der Waals surface area contributed by atoms with E-state index in [2.05, 4.69) is 24.4 Å². The number of hydrogen-bond donors (Lipinski definition) is 1. The van der Waals surface area contributed by atoms with Crippen LogP contribution in [-0.2, 0) is 4.74 Å². The molecule has 0 bridgehead atoms. The summed E-state index contributed by atoms with van der Waals surface area (Å²) in [6.45, 7) is 8.41. The monoisotopic (exact) mass is 334 g/mol. The van der Waals surface area contributed by atoms with E-state index in [1.165, 1.54) is 5.56 Å². The number of benzene rings is 1. The quantitative estimate of drug-likeness (QED) is 0.846. The van der Waals surface area contributed by atoms with Crippen LogP contribution in [0.4, 0.5) is 4.79 Å². The Morgan fingerprint density at radius 1 is 1.35 bits per heavy atom. The highest BCUT2D eigenvalue weighted by atomic mass is 32.1. The van der Waals surface area contributed by atoms with Crippen molar-refractivity contribution in [2.24, 2.45) is 0 Å². The fourth-order valence-corrected chi connectivity index (χ4v) is 3.13. The number of ether oxygens (including phenoxy) is 1. The van der Waals surface area contributed by atoms with Gasteiger partial charge >= 0.3 is 6.09 Å². The zero-order chi connectivity index (χ0) is 17.0. The van der Waals surface area contributed by atoms with Gasteiger partial charge in [-0.05, 0) is 46.1 Å². The first-order valence-electron chi connectivity index (χ1n) is 8.13. The van der Waals surface area contributed by atoms with Crippen molar-refractivity contribution in [2.45, 2.75) is 58.2 Å². The third-order valence-electron chi connectivity index (χ3n) is 3.84. The number of nitrogens with one attached hydrogen (secondary N) is 1. The van der Waals surface area contributed by atoms with Crippen LogP contribution in [0.2, 0.25) is 0 Å². The summed E-state index contributed by atoms with van der Waals surface area (Å²) < 4.78 is 5.49. The van der Waals surface area contributed by atoms with Crippen LogP contribution >= 0.6 is 12.2 Å². The van der Waals surface area contributed by atoms with Crippen LogP contribution in [0, 0.1) is 0 Å². The summed E-state index contributed by atoms with van der Waals surface area (Å²) in [6, 6.07) is 10.2. The maximum atomic E-state index is 12.3. The first-order valence-corrected chi connectivity index (χ1v) is 8.54. The van der Waals surface area contributed by atoms with E-state index in [1.807, 2.05) is 39.0 Å². The van der Waals surface area contributed by atoms with Gasteiger partial charge in [0.1, 0.15) is 5.60 Å². The highest BCUT2D eigenvalue weighted by Crippen LogP contribution is 2.23. The number of nitrogens with zero attached hydrogens (tertiary/aromatic N) is 1. The number of thiocarbonyl (C=S) groups is 1. The maximum absolute atomic E-state index is 12.3. The first-order chi connectivity index (χ1) is 10.8. The van der Waals surface area contributed by atoms with E-state index in [4.69, 9.17) is 17.0 Å². The molecule has 0 radical (unpaired) electrons. The summed E-state index contributed by atoms with van der Waals surface area (Å²) in [5, 5.41) is 3.37. The normalized spacial score (nSPS) is 19.3. The predicted octanol–water partition coefficient (Wildman–Crippen LogP) is 4.06. The second kappa shape index (κ2) is 7.30. The Bertz CT molecular complexity index is 554. The summed E-state index contributed by atoms with van der Waals surface area (Å²) in [6.07, 6.45) is 1.55. The van der Waals surface area contributed by atoms with Crippen molar-refractivity contribution in [1.82, 2.24) is 10.2 Å². The lowest BCUT2D eigenvalue weighted by atomic mass is 10.1. The molecule has 126 valence electrons. The van der Waals surface area contributed by atoms with Gasteiger partial charge in [0.2, 0.25) is 0 Å². The number of carbonyl (C=O) groups excluding carboxylic acids is 1. The Balaban J connectivity index is 1.99. The minimum Gasteiger partial charge on any atom is -0.444 e. The van der Waals surface area contributed by atoms with Gasteiger partial charge in [0.25, 0.3) is 0 Å². The summed E-state index contributed by atoms with van der Waals surface area (Å²) in [5.41, 5.74) is 0.688. The van der Waals surface area contributed by atoms with Gasteiger partial charge in [-0.25, -0.2) is 4.79 Å². The molecule has 1 saturated heterocycles. The van der Waals surface area contributed by atoms with Crippen LogP contribution in [0.25, 0.3) is 0 Å². The van der Waals surface area contributed by atoms with Crippen LogP contribution in [0.1, 0.15) is 52.1 Å². The number of carbonyl (C=O) groups is 1. The highest BCUT2D eigenvalue weighted by molar-refractivity contribution is 7.80. The van der Waals surface area contributed by atoms with Crippen molar-refractivity contribution >= 4 is 23.3 Å². The molecule has 1 amide bonds. The van der Waals surface area contributed by atoms with Gasteiger partial charge in [-0.15, -0.1) is 0 Å². The van der Waals surface area contributed by atoms with E-state index < -0.39 is 5.60 Å². The predicted molar refractivity (Wildman–Crippen MR) is 96.6 cm³/mol. The van der Waals surface area contributed by atoms with Gasteiger partial charge in [0.15, 0.2) is 0 Å². The smallest absolute Gasteiger partial charge is 0.410 e. The second-order valence-electron chi connectivity index (χ2n) is 6.97. The Hall–Kier alpha value is -1.62.